The van der Waals surface area contributed by atoms with E-state index in [0.29, 0.717) is 16.3 Å². The number of hydrogen-bond donors (Lipinski definition) is 3. The number of para-hydroxylation sites is 1. The van der Waals surface area contributed by atoms with E-state index in [0.717, 1.165) is 4.70 Å². The summed E-state index contributed by atoms with van der Waals surface area (Å²) in [5, 5.41) is 8.43. The van der Waals surface area contributed by atoms with Gasteiger partial charge in [-0.1, -0.05) is 19.9 Å². The summed E-state index contributed by atoms with van der Waals surface area (Å²) < 4.78 is 21.9. The smallest absolute Gasteiger partial charge is 0.320 e. The average Bonchev–Trinajstić information content (AvgIpc) is 3.48. The Hall–Kier alpha value is -4.06. The Morgan fingerprint density at radius 3 is 2.72 bits per heavy atom. The number of benzene rings is 2. The first-order valence-corrected chi connectivity index (χ1v) is 13.3. The summed E-state index contributed by atoms with van der Waals surface area (Å²) in [7, 11) is 1.57. The number of carbonyl (C=O) groups excluding carboxylic acids is 4. The molecule has 2 aliphatic rings. The number of imide groups is 1. The fourth-order valence-corrected chi connectivity index (χ4v) is 6.08. The van der Waals surface area contributed by atoms with Gasteiger partial charge < -0.3 is 20.3 Å². The molecule has 0 saturated carbocycles. The molecule has 1 fully saturated rings. The minimum atomic E-state index is -0.884. The highest BCUT2D eigenvalue weighted by atomic mass is 32.1. The molecule has 2 aromatic carbocycles. The van der Waals surface area contributed by atoms with Gasteiger partial charge in [0.05, 0.1) is 29.6 Å². The van der Waals surface area contributed by atoms with Gasteiger partial charge in [-0.05, 0) is 43.5 Å². The molecule has 1 aromatic heterocycles. The first kappa shape index (κ1) is 26.5. The van der Waals surface area contributed by atoms with E-state index in [1.807, 2.05) is 39.0 Å². The van der Waals surface area contributed by atoms with Gasteiger partial charge in [0.25, 0.3) is 5.91 Å². The van der Waals surface area contributed by atoms with Crippen molar-refractivity contribution in [1.29, 1.82) is 0 Å². The van der Waals surface area contributed by atoms with Crippen LogP contribution >= 0.6 is 11.3 Å². The first-order valence-electron chi connectivity index (χ1n) is 12.5. The second kappa shape index (κ2) is 9.92. The Balaban J connectivity index is 1.36. The number of carbonyl (C=O) groups is 4. The summed E-state index contributed by atoms with van der Waals surface area (Å²) >= 11 is 1.44. The maximum atomic E-state index is 15.5. The maximum absolute atomic E-state index is 15.5. The molecule has 2 unspecified atom stereocenters. The zero-order valence-corrected chi connectivity index (χ0v) is 22.7. The summed E-state index contributed by atoms with van der Waals surface area (Å²) in [6.07, 6.45) is 0.271. The van der Waals surface area contributed by atoms with E-state index in [9.17, 15) is 19.2 Å². The molecule has 39 heavy (non-hydrogen) atoms. The molecule has 0 aliphatic carbocycles. The van der Waals surface area contributed by atoms with Gasteiger partial charge in [-0.15, -0.1) is 11.3 Å². The number of ether oxygens (including phenoxy) is 1. The highest BCUT2D eigenvalue weighted by Crippen LogP contribution is 2.38. The van der Waals surface area contributed by atoms with Crippen LogP contribution in [0.2, 0.25) is 0 Å². The van der Waals surface area contributed by atoms with Crippen molar-refractivity contribution in [2.24, 2.45) is 5.92 Å². The maximum Gasteiger partial charge on any atom is 0.320 e. The van der Waals surface area contributed by atoms with Gasteiger partial charge in [0.2, 0.25) is 11.8 Å². The van der Waals surface area contributed by atoms with Crippen molar-refractivity contribution in [2.45, 2.75) is 51.7 Å². The lowest BCUT2D eigenvalue weighted by atomic mass is 9.89. The van der Waals surface area contributed by atoms with Gasteiger partial charge >= 0.3 is 6.03 Å². The molecule has 10 nitrogen and oxygen atoms in total. The van der Waals surface area contributed by atoms with Gasteiger partial charge in [0.15, 0.2) is 5.82 Å². The van der Waals surface area contributed by atoms with Crippen molar-refractivity contribution in [3.05, 3.63) is 52.3 Å². The lowest BCUT2D eigenvalue weighted by Gasteiger charge is -2.32. The monoisotopic (exact) mass is 553 g/mol. The number of thiazole rings is 1. The molecule has 1 saturated heterocycles. The lowest BCUT2D eigenvalue weighted by Crippen LogP contribution is -2.52. The van der Waals surface area contributed by atoms with Gasteiger partial charge in [0.1, 0.15) is 22.3 Å². The van der Waals surface area contributed by atoms with Crippen LogP contribution in [-0.4, -0.2) is 46.8 Å². The predicted molar refractivity (Wildman–Crippen MR) is 143 cm³/mol. The summed E-state index contributed by atoms with van der Waals surface area (Å²) in [5.74, 6) is -1.66. The number of fused-ring (bicyclic) bond motifs is 2. The standard InChI is InChI=1S/C27H28FN5O5S/c1-13(2)27(3,25-31-22-18(38-4)6-5-7-19(22)39-25)32-26(37)29-16-9-8-14-15(21(16)28)12-33(24(14)36)17-10-11-20(34)30-23(17)35/h5-9,13,17H,10-12H2,1-4H3,(H2,29,32,37)(H,30,34,35). The average molecular weight is 554 g/mol. The normalized spacial score (nSPS) is 18.7. The van der Waals surface area contributed by atoms with E-state index < -0.39 is 41.2 Å². The molecular weight excluding hydrogens is 525 g/mol. The zero-order chi connectivity index (χ0) is 28.1. The molecule has 5 amide bonds. The third-order valence-electron chi connectivity index (χ3n) is 7.47. The van der Waals surface area contributed by atoms with Crippen LogP contribution in [0.15, 0.2) is 30.3 Å². The van der Waals surface area contributed by atoms with E-state index in [1.54, 1.807) is 7.11 Å². The van der Waals surface area contributed by atoms with Crippen LogP contribution in [0.25, 0.3) is 10.2 Å². The molecule has 2 aliphatic heterocycles. The molecule has 5 rings (SSSR count). The predicted octanol–water partition coefficient (Wildman–Crippen LogP) is 3.90. The van der Waals surface area contributed by atoms with Gasteiger partial charge in [-0.3, -0.25) is 19.7 Å². The number of anilines is 1. The van der Waals surface area contributed by atoms with Crippen LogP contribution in [0.4, 0.5) is 14.9 Å². The topological polar surface area (TPSA) is 130 Å². The van der Waals surface area contributed by atoms with Crippen molar-refractivity contribution in [3.63, 3.8) is 0 Å². The molecule has 12 heteroatoms. The van der Waals surface area contributed by atoms with Crippen LogP contribution < -0.4 is 20.7 Å². The van der Waals surface area contributed by atoms with Crippen molar-refractivity contribution < 1.29 is 28.3 Å². The molecule has 204 valence electrons. The molecule has 0 bridgehead atoms. The number of methoxy groups -OCH3 is 1. The van der Waals surface area contributed by atoms with E-state index in [2.05, 4.69) is 16.0 Å². The van der Waals surface area contributed by atoms with Crippen molar-refractivity contribution in [2.75, 3.05) is 12.4 Å². The Kier molecular flexibility index (Phi) is 6.75. The number of hydrogen-bond acceptors (Lipinski definition) is 7. The van der Waals surface area contributed by atoms with E-state index in [1.165, 1.54) is 28.4 Å². The Bertz CT molecular complexity index is 1520. The highest BCUT2D eigenvalue weighted by Gasteiger charge is 2.41. The van der Waals surface area contributed by atoms with Gasteiger partial charge in [-0.25, -0.2) is 14.2 Å². The number of amides is 5. The quantitative estimate of drug-likeness (QED) is 0.397. The van der Waals surface area contributed by atoms with Crippen LogP contribution in [0.3, 0.4) is 0 Å². The zero-order valence-electron chi connectivity index (χ0n) is 21.9. The third-order valence-corrected chi connectivity index (χ3v) is 8.73. The summed E-state index contributed by atoms with van der Waals surface area (Å²) in [6.45, 7) is 5.63. The number of halogens is 1. The van der Waals surface area contributed by atoms with Gasteiger partial charge in [-0.2, -0.15) is 0 Å². The second-order valence-electron chi connectivity index (χ2n) is 10.1. The molecule has 0 radical (unpaired) electrons. The number of rotatable bonds is 6. The Morgan fingerprint density at radius 2 is 2.03 bits per heavy atom. The number of nitrogens with zero attached hydrogens (tertiary/aromatic N) is 2. The third kappa shape index (κ3) is 4.58. The molecule has 0 spiro atoms. The van der Waals surface area contributed by atoms with Crippen molar-refractivity contribution in [3.8, 4) is 5.75 Å². The number of urea groups is 1. The van der Waals surface area contributed by atoms with E-state index >= 15 is 4.39 Å². The summed E-state index contributed by atoms with van der Waals surface area (Å²) in [4.78, 5) is 55.9. The molecule has 3 N–H and O–H groups in total. The first-order chi connectivity index (χ1) is 18.5. The van der Waals surface area contributed by atoms with Crippen LogP contribution in [0, 0.1) is 11.7 Å². The van der Waals surface area contributed by atoms with E-state index in [-0.39, 0.29) is 42.1 Å². The van der Waals surface area contributed by atoms with Crippen LogP contribution in [0.1, 0.15) is 54.5 Å². The molecule has 3 aromatic rings. The van der Waals surface area contributed by atoms with Gasteiger partial charge in [0, 0.05) is 17.5 Å². The van der Waals surface area contributed by atoms with Crippen LogP contribution in [0.5, 0.6) is 5.75 Å². The molecule has 3 heterocycles. The van der Waals surface area contributed by atoms with Crippen molar-refractivity contribution >= 4 is 51.0 Å². The lowest BCUT2D eigenvalue weighted by molar-refractivity contribution is -0.136. The number of piperidine rings is 1. The number of aromatic nitrogens is 1. The fourth-order valence-electron chi connectivity index (χ4n) is 4.85. The van der Waals surface area contributed by atoms with Crippen molar-refractivity contribution in [1.82, 2.24) is 20.5 Å². The highest BCUT2D eigenvalue weighted by molar-refractivity contribution is 7.18. The fraction of sp³-hybridized carbons (Fsp3) is 0.370. The summed E-state index contributed by atoms with van der Waals surface area (Å²) in [6, 6.07) is 6.89. The number of nitrogens with one attached hydrogen (secondary N) is 3. The van der Waals surface area contributed by atoms with Crippen LogP contribution in [-0.2, 0) is 21.7 Å². The SMILES string of the molecule is COc1cccc2sc(C(C)(NC(=O)Nc3ccc4c(c3F)CN(C3CCC(=O)NC3=O)C4=O)C(C)C)nc12. The Labute approximate surface area is 227 Å². The largest absolute Gasteiger partial charge is 0.494 e. The van der Waals surface area contributed by atoms with E-state index in [4.69, 9.17) is 9.72 Å². The molecule has 2 atom stereocenters. The Morgan fingerprint density at radius 1 is 1.26 bits per heavy atom. The molecular formula is C27H28FN5O5S. The minimum absolute atomic E-state index is 0.0700. The summed E-state index contributed by atoms with van der Waals surface area (Å²) in [5.41, 5.74) is -0.0684. The minimum Gasteiger partial charge on any atom is -0.494 e. The second-order valence-corrected chi connectivity index (χ2v) is 11.1.